The van der Waals surface area contributed by atoms with E-state index < -0.39 is 0 Å². The van der Waals surface area contributed by atoms with Crippen molar-refractivity contribution in [3.63, 3.8) is 0 Å². The third kappa shape index (κ3) is 2.02. The molecule has 7 heteroatoms. The van der Waals surface area contributed by atoms with Crippen molar-refractivity contribution in [1.82, 2.24) is 24.8 Å². The van der Waals surface area contributed by atoms with Crippen molar-refractivity contribution in [2.24, 2.45) is 12.1 Å². The molecule has 0 amide bonds. The first-order valence-electron chi connectivity index (χ1n) is 7.11. The summed E-state index contributed by atoms with van der Waals surface area (Å²) in [6.07, 6.45) is 4.72. The summed E-state index contributed by atoms with van der Waals surface area (Å²) in [6, 6.07) is 6.06. The minimum absolute atomic E-state index is 0.189. The molecular weight excluding hydrogens is 280 g/mol. The number of nitrogens with zero attached hydrogens (tertiary/aromatic N) is 4. The number of aromatic nitrogens is 4. The molecule has 1 aromatic carbocycles. The lowest BCUT2D eigenvalue weighted by molar-refractivity contribution is 0.290. The smallest absolute Gasteiger partial charge is 0.306 e. The Hall–Kier alpha value is -2.83. The maximum absolute atomic E-state index is 11.4. The molecule has 4 rings (SSSR count). The van der Waals surface area contributed by atoms with Crippen LogP contribution in [0.25, 0.3) is 11.0 Å². The number of hydrogen-bond acceptors (Lipinski definition) is 4. The van der Waals surface area contributed by atoms with Gasteiger partial charge in [-0.3, -0.25) is 9.69 Å². The van der Waals surface area contributed by atoms with Crippen LogP contribution in [-0.2, 0) is 7.05 Å². The SMILES string of the molecule is CN1N=C(c2ccc3[nH]c(=O)[nH]c3c2)CC1c1cnn(C)c1. The Bertz CT molecular complexity index is 931. The summed E-state index contributed by atoms with van der Waals surface area (Å²) in [5, 5.41) is 10.9. The number of fused-ring (bicyclic) bond motifs is 1. The molecule has 0 aliphatic carbocycles. The van der Waals surface area contributed by atoms with E-state index in [2.05, 4.69) is 20.2 Å². The van der Waals surface area contributed by atoms with Gasteiger partial charge in [0.2, 0.25) is 0 Å². The fourth-order valence-corrected chi connectivity index (χ4v) is 2.95. The average Bonchev–Trinajstić information content (AvgIpc) is 3.15. The molecule has 0 radical (unpaired) electrons. The number of imidazole rings is 1. The molecule has 3 aromatic rings. The van der Waals surface area contributed by atoms with Crippen LogP contribution >= 0.6 is 0 Å². The number of rotatable bonds is 2. The van der Waals surface area contributed by atoms with E-state index >= 15 is 0 Å². The van der Waals surface area contributed by atoms with Gasteiger partial charge in [-0.05, 0) is 12.1 Å². The molecule has 1 aliphatic heterocycles. The maximum Gasteiger partial charge on any atom is 0.323 e. The lowest BCUT2D eigenvalue weighted by atomic mass is 10.0. The van der Waals surface area contributed by atoms with Gasteiger partial charge in [-0.15, -0.1) is 0 Å². The molecule has 2 aromatic heterocycles. The van der Waals surface area contributed by atoms with E-state index in [1.54, 1.807) is 4.68 Å². The fraction of sp³-hybridized carbons (Fsp3) is 0.267. The first kappa shape index (κ1) is 12.9. The normalized spacial score (nSPS) is 18.2. The zero-order valence-corrected chi connectivity index (χ0v) is 12.4. The Kier molecular flexibility index (Phi) is 2.69. The summed E-state index contributed by atoms with van der Waals surface area (Å²) >= 11 is 0. The van der Waals surface area contributed by atoms with Crippen molar-refractivity contribution < 1.29 is 0 Å². The van der Waals surface area contributed by atoms with Crippen molar-refractivity contribution in [1.29, 1.82) is 0 Å². The minimum atomic E-state index is -0.189. The maximum atomic E-state index is 11.4. The minimum Gasteiger partial charge on any atom is -0.306 e. The summed E-state index contributed by atoms with van der Waals surface area (Å²) in [5.74, 6) is 0. The zero-order chi connectivity index (χ0) is 15.3. The summed E-state index contributed by atoms with van der Waals surface area (Å²) in [6.45, 7) is 0. The van der Waals surface area contributed by atoms with Gasteiger partial charge in [0.25, 0.3) is 0 Å². The van der Waals surface area contributed by atoms with E-state index in [4.69, 9.17) is 0 Å². The van der Waals surface area contributed by atoms with E-state index in [0.29, 0.717) is 0 Å². The number of aromatic amines is 2. The van der Waals surface area contributed by atoms with E-state index in [1.807, 2.05) is 49.7 Å². The molecule has 1 atom stereocenters. The van der Waals surface area contributed by atoms with E-state index in [1.165, 1.54) is 0 Å². The quantitative estimate of drug-likeness (QED) is 0.749. The highest BCUT2D eigenvalue weighted by Gasteiger charge is 2.27. The van der Waals surface area contributed by atoms with Crippen molar-refractivity contribution in [3.05, 3.63) is 52.2 Å². The summed E-state index contributed by atoms with van der Waals surface area (Å²) in [5.41, 5.74) is 4.62. The number of hydrogen-bond donors (Lipinski definition) is 2. The van der Waals surface area contributed by atoms with Crippen LogP contribution in [0.5, 0.6) is 0 Å². The number of aryl methyl sites for hydroxylation is 1. The summed E-state index contributed by atoms with van der Waals surface area (Å²) < 4.78 is 1.80. The molecule has 0 saturated heterocycles. The van der Waals surface area contributed by atoms with Crippen LogP contribution in [0.3, 0.4) is 0 Å². The number of benzene rings is 1. The molecule has 1 unspecified atom stereocenters. The van der Waals surface area contributed by atoms with Crippen LogP contribution in [0.4, 0.5) is 0 Å². The Labute approximate surface area is 126 Å². The molecule has 1 aliphatic rings. The van der Waals surface area contributed by atoms with Crippen LogP contribution in [0.1, 0.15) is 23.6 Å². The molecule has 3 heterocycles. The second-order valence-electron chi connectivity index (χ2n) is 5.63. The van der Waals surface area contributed by atoms with Crippen molar-refractivity contribution in [3.8, 4) is 0 Å². The number of H-pyrrole nitrogens is 2. The molecule has 0 fully saturated rings. The van der Waals surface area contributed by atoms with Crippen LogP contribution in [-0.4, -0.2) is 37.5 Å². The largest absolute Gasteiger partial charge is 0.323 e. The highest BCUT2D eigenvalue weighted by atomic mass is 16.1. The van der Waals surface area contributed by atoms with Gasteiger partial charge in [0, 0.05) is 37.8 Å². The van der Waals surface area contributed by atoms with Gasteiger partial charge in [0.1, 0.15) is 0 Å². The van der Waals surface area contributed by atoms with Gasteiger partial charge in [0.15, 0.2) is 0 Å². The molecule has 0 bridgehead atoms. The topological polar surface area (TPSA) is 82.1 Å². The first-order valence-corrected chi connectivity index (χ1v) is 7.11. The van der Waals surface area contributed by atoms with Gasteiger partial charge in [-0.2, -0.15) is 10.2 Å². The highest BCUT2D eigenvalue weighted by molar-refractivity contribution is 6.03. The first-order chi connectivity index (χ1) is 10.6. The lowest BCUT2D eigenvalue weighted by Gasteiger charge is -2.16. The standard InChI is InChI=1S/C15H16N6O/c1-20-8-10(7-16-20)14-6-12(19-21(14)2)9-3-4-11-13(5-9)18-15(22)17-11/h3-5,7-8,14H,6H2,1-2H3,(H2,17,18,22). The van der Waals surface area contributed by atoms with Crippen LogP contribution in [0, 0.1) is 0 Å². The molecule has 112 valence electrons. The van der Waals surface area contributed by atoms with Crippen molar-refractivity contribution in [2.45, 2.75) is 12.5 Å². The third-order valence-corrected chi connectivity index (χ3v) is 4.08. The van der Waals surface area contributed by atoms with Crippen LogP contribution in [0.15, 0.2) is 40.5 Å². The van der Waals surface area contributed by atoms with E-state index in [9.17, 15) is 4.79 Å². The third-order valence-electron chi connectivity index (χ3n) is 4.08. The zero-order valence-electron chi connectivity index (χ0n) is 12.4. The Morgan fingerprint density at radius 3 is 2.82 bits per heavy atom. The van der Waals surface area contributed by atoms with Crippen LogP contribution < -0.4 is 5.69 Å². The van der Waals surface area contributed by atoms with Crippen molar-refractivity contribution >= 4 is 16.7 Å². The second kappa shape index (κ2) is 4.59. The molecule has 2 N–H and O–H groups in total. The summed E-state index contributed by atoms with van der Waals surface area (Å²) in [7, 11) is 3.89. The Morgan fingerprint density at radius 2 is 2.05 bits per heavy atom. The summed E-state index contributed by atoms with van der Waals surface area (Å²) in [4.78, 5) is 16.9. The predicted octanol–water partition coefficient (Wildman–Crippen LogP) is 1.37. The van der Waals surface area contributed by atoms with Gasteiger partial charge in [-0.25, -0.2) is 4.79 Å². The molecule has 0 saturated carbocycles. The molecule has 7 nitrogen and oxygen atoms in total. The predicted molar refractivity (Wildman–Crippen MR) is 83.8 cm³/mol. The highest BCUT2D eigenvalue weighted by Crippen LogP contribution is 2.31. The second-order valence-corrected chi connectivity index (χ2v) is 5.63. The Balaban J connectivity index is 1.67. The monoisotopic (exact) mass is 296 g/mol. The lowest BCUT2D eigenvalue weighted by Crippen LogP contribution is -2.13. The van der Waals surface area contributed by atoms with Gasteiger partial charge in [-0.1, -0.05) is 6.07 Å². The molecule has 0 spiro atoms. The van der Waals surface area contributed by atoms with Crippen molar-refractivity contribution in [2.75, 3.05) is 7.05 Å². The van der Waals surface area contributed by atoms with E-state index in [-0.39, 0.29) is 11.7 Å². The number of hydrazone groups is 1. The average molecular weight is 296 g/mol. The molecule has 22 heavy (non-hydrogen) atoms. The Morgan fingerprint density at radius 1 is 1.23 bits per heavy atom. The molecular formula is C15H16N6O. The van der Waals surface area contributed by atoms with E-state index in [0.717, 1.165) is 34.3 Å². The van der Waals surface area contributed by atoms with Gasteiger partial charge >= 0.3 is 5.69 Å². The van der Waals surface area contributed by atoms with Crippen LogP contribution in [0.2, 0.25) is 0 Å². The fourth-order valence-electron chi connectivity index (χ4n) is 2.95. The number of nitrogens with one attached hydrogen (secondary N) is 2. The van der Waals surface area contributed by atoms with Gasteiger partial charge in [0.05, 0.1) is 29.0 Å². The van der Waals surface area contributed by atoms with Gasteiger partial charge < -0.3 is 9.97 Å².